The zero-order chi connectivity index (χ0) is 19.5. The second kappa shape index (κ2) is 7.73. The van der Waals surface area contributed by atoms with Crippen molar-refractivity contribution in [2.45, 2.75) is 19.9 Å². The predicted octanol–water partition coefficient (Wildman–Crippen LogP) is 2.32. The molecule has 9 heteroatoms. The molecule has 142 valence electrons. The Balaban J connectivity index is 1.41. The molecule has 28 heavy (non-hydrogen) atoms. The van der Waals surface area contributed by atoms with Gasteiger partial charge >= 0.3 is 0 Å². The van der Waals surface area contributed by atoms with Crippen molar-refractivity contribution >= 4 is 23.8 Å². The van der Waals surface area contributed by atoms with Crippen LogP contribution in [-0.4, -0.2) is 41.8 Å². The number of nitrogens with one attached hydrogen (secondary N) is 2. The Labute approximate surface area is 166 Å². The number of fused-ring (bicyclic) bond motifs is 1. The van der Waals surface area contributed by atoms with E-state index in [9.17, 15) is 4.79 Å². The fourth-order valence-corrected chi connectivity index (χ4v) is 3.16. The van der Waals surface area contributed by atoms with Gasteiger partial charge in [-0.05, 0) is 31.3 Å². The van der Waals surface area contributed by atoms with Crippen LogP contribution < -0.4 is 5.32 Å². The number of nitrogens with zero attached hydrogens (tertiary/aromatic N) is 5. The molecule has 0 bridgehead atoms. The van der Waals surface area contributed by atoms with E-state index in [1.807, 2.05) is 60.0 Å². The van der Waals surface area contributed by atoms with Crippen LogP contribution in [0, 0.1) is 11.7 Å². The minimum atomic E-state index is -0.139. The zero-order valence-corrected chi connectivity index (χ0v) is 16.1. The van der Waals surface area contributed by atoms with Crippen LogP contribution in [-0.2, 0) is 17.8 Å². The van der Waals surface area contributed by atoms with Crippen molar-refractivity contribution < 1.29 is 4.79 Å². The van der Waals surface area contributed by atoms with E-state index < -0.39 is 0 Å². The van der Waals surface area contributed by atoms with E-state index in [0.29, 0.717) is 23.6 Å². The van der Waals surface area contributed by atoms with Crippen molar-refractivity contribution in [2.24, 2.45) is 0 Å². The summed E-state index contributed by atoms with van der Waals surface area (Å²) in [5.41, 5.74) is 2.85. The van der Waals surface area contributed by atoms with E-state index in [4.69, 9.17) is 12.2 Å². The zero-order valence-electron chi connectivity index (χ0n) is 15.3. The maximum atomic E-state index is 12.4. The summed E-state index contributed by atoms with van der Waals surface area (Å²) in [6, 6.07) is 13.7. The molecule has 0 radical (unpaired) electrons. The monoisotopic (exact) mass is 393 g/mol. The van der Waals surface area contributed by atoms with Gasteiger partial charge in [-0.15, -0.1) is 10.2 Å². The third kappa shape index (κ3) is 3.70. The molecule has 0 aliphatic rings. The molecule has 4 aromatic rings. The second-order valence-electron chi connectivity index (χ2n) is 6.45. The fourth-order valence-electron chi connectivity index (χ4n) is 2.96. The van der Waals surface area contributed by atoms with Crippen LogP contribution in [0.3, 0.4) is 0 Å². The second-order valence-corrected chi connectivity index (χ2v) is 6.84. The molecule has 0 saturated heterocycles. The van der Waals surface area contributed by atoms with E-state index in [-0.39, 0.29) is 12.5 Å². The summed E-state index contributed by atoms with van der Waals surface area (Å²) < 4.78 is 4.02. The number of benzene rings is 1. The molecular formula is C19H19N7OS. The number of hydrogen-bond donors (Lipinski definition) is 2. The number of aromatic amines is 1. The van der Waals surface area contributed by atoms with Crippen molar-refractivity contribution in [1.29, 1.82) is 0 Å². The first-order valence-electron chi connectivity index (χ1n) is 8.89. The SMILES string of the molecule is Cc1ccc(-c2n[nH]c(=S)n2CC(=O)NCCc2nnc3ccccn23)cc1. The normalized spacial score (nSPS) is 11.0. The minimum absolute atomic E-state index is 0.0964. The molecule has 1 amide bonds. The number of pyridine rings is 1. The van der Waals surface area contributed by atoms with Crippen molar-refractivity contribution in [3.8, 4) is 11.4 Å². The third-order valence-electron chi connectivity index (χ3n) is 4.42. The average Bonchev–Trinajstić information content (AvgIpc) is 3.27. The molecule has 3 heterocycles. The summed E-state index contributed by atoms with van der Waals surface area (Å²) in [5, 5.41) is 18.2. The summed E-state index contributed by atoms with van der Waals surface area (Å²) in [6.07, 6.45) is 2.49. The molecule has 2 N–H and O–H groups in total. The Kier molecular flexibility index (Phi) is 4.98. The van der Waals surface area contributed by atoms with Gasteiger partial charge < -0.3 is 5.32 Å². The molecule has 0 unspecified atom stereocenters. The van der Waals surface area contributed by atoms with Gasteiger partial charge in [-0.1, -0.05) is 35.9 Å². The molecule has 0 spiro atoms. The van der Waals surface area contributed by atoms with Gasteiger partial charge in [0, 0.05) is 24.7 Å². The van der Waals surface area contributed by atoms with Crippen LogP contribution in [0.15, 0.2) is 48.7 Å². The smallest absolute Gasteiger partial charge is 0.240 e. The minimum Gasteiger partial charge on any atom is -0.354 e. The maximum absolute atomic E-state index is 12.4. The van der Waals surface area contributed by atoms with Gasteiger partial charge in [0.15, 0.2) is 16.2 Å². The Bertz CT molecular complexity index is 1170. The number of carbonyl (C=O) groups is 1. The highest BCUT2D eigenvalue weighted by Gasteiger charge is 2.12. The molecule has 3 aromatic heterocycles. The molecule has 0 atom stereocenters. The lowest BCUT2D eigenvalue weighted by atomic mass is 10.1. The highest BCUT2D eigenvalue weighted by atomic mass is 32.1. The Hall–Kier alpha value is -3.33. The van der Waals surface area contributed by atoms with Gasteiger partial charge in [0.25, 0.3) is 0 Å². The average molecular weight is 393 g/mol. The number of carbonyl (C=O) groups excluding carboxylic acids is 1. The first-order valence-corrected chi connectivity index (χ1v) is 9.30. The molecule has 0 aliphatic heterocycles. The Morgan fingerprint density at radius 2 is 2.00 bits per heavy atom. The highest BCUT2D eigenvalue weighted by molar-refractivity contribution is 7.71. The van der Waals surface area contributed by atoms with E-state index in [2.05, 4.69) is 25.7 Å². The standard InChI is InChI=1S/C19H19N7OS/c1-13-5-7-14(8-6-13)18-23-24-19(28)26(18)12-17(27)20-10-9-16-22-21-15-4-2-3-11-25(15)16/h2-8,11H,9-10,12H2,1H3,(H,20,27)(H,24,28). The topological polar surface area (TPSA) is 92.9 Å². The maximum Gasteiger partial charge on any atom is 0.240 e. The number of rotatable bonds is 6. The van der Waals surface area contributed by atoms with E-state index in [1.54, 1.807) is 4.57 Å². The fraction of sp³-hybridized carbons (Fsp3) is 0.211. The lowest BCUT2D eigenvalue weighted by Crippen LogP contribution is -2.30. The number of aromatic nitrogens is 6. The van der Waals surface area contributed by atoms with Gasteiger partial charge in [0.05, 0.1) is 0 Å². The van der Waals surface area contributed by atoms with Gasteiger partial charge in [-0.2, -0.15) is 5.10 Å². The molecule has 4 rings (SSSR count). The van der Waals surface area contributed by atoms with Crippen LogP contribution >= 0.6 is 12.2 Å². The first kappa shape index (κ1) is 18.1. The van der Waals surface area contributed by atoms with Crippen molar-refractivity contribution in [3.63, 3.8) is 0 Å². The highest BCUT2D eigenvalue weighted by Crippen LogP contribution is 2.17. The molecule has 8 nitrogen and oxygen atoms in total. The molecule has 0 fully saturated rings. The Morgan fingerprint density at radius 3 is 2.82 bits per heavy atom. The molecule has 0 saturated carbocycles. The number of aryl methyl sites for hydroxylation is 1. The van der Waals surface area contributed by atoms with Crippen LogP contribution in [0.5, 0.6) is 0 Å². The van der Waals surface area contributed by atoms with Gasteiger partial charge in [0.1, 0.15) is 12.4 Å². The van der Waals surface area contributed by atoms with Crippen molar-refractivity contribution in [1.82, 2.24) is 34.7 Å². The largest absolute Gasteiger partial charge is 0.354 e. The van der Waals surface area contributed by atoms with Crippen LogP contribution in [0.25, 0.3) is 17.0 Å². The van der Waals surface area contributed by atoms with Crippen molar-refractivity contribution in [2.75, 3.05) is 6.54 Å². The molecule has 1 aromatic carbocycles. The van der Waals surface area contributed by atoms with E-state index in [0.717, 1.165) is 22.6 Å². The van der Waals surface area contributed by atoms with E-state index in [1.165, 1.54) is 0 Å². The summed E-state index contributed by atoms with van der Waals surface area (Å²) in [5.74, 6) is 1.31. The van der Waals surface area contributed by atoms with Gasteiger partial charge in [0.2, 0.25) is 5.91 Å². The van der Waals surface area contributed by atoms with E-state index >= 15 is 0 Å². The number of H-pyrrole nitrogens is 1. The number of amides is 1. The molecule has 0 aliphatic carbocycles. The van der Waals surface area contributed by atoms with Crippen LogP contribution in [0.2, 0.25) is 0 Å². The summed E-state index contributed by atoms with van der Waals surface area (Å²) in [7, 11) is 0. The Morgan fingerprint density at radius 1 is 1.18 bits per heavy atom. The summed E-state index contributed by atoms with van der Waals surface area (Å²) >= 11 is 5.29. The predicted molar refractivity (Wildman–Crippen MR) is 107 cm³/mol. The first-order chi connectivity index (χ1) is 13.6. The number of hydrogen-bond acceptors (Lipinski definition) is 5. The summed E-state index contributed by atoms with van der Waals surface area (Å²) in [4.78, 5) is 12.4. The quantitative estimate of drug-likeness (QED) is 0.491. The van der Waals surface area contributed by atoms with Crippen LogP contribution in [0.4, 0.5) is 0 Å². The summed E-state index contributed by atoms with van der Waals surface area (Å²) in [6.45, 7) is 2.58. The third-order valence-corrected chi connectivity index (χ3v) is 4.74. The lowest BCUT2D eigenvalue weighted by Gasteiger charge is -2.08. The van der Waals surface area contributed by atoms with Crippen molar-refractivity contribution in [3.05, 3.63) is 64.8 Å². The molecular weight excluding hydrogens is 374 g/mol. The lowest BCUT2D eigenvalue weighted by molar-refractivity contribution is -0.121. The van der Waals surface area contributed by atoms with Gasteiger partial charge in [-0.3, -0.25) is 18.9 Å². The van der Waals surface area contributed by atoms with Gasteiger partial charge in [-0.25, -0.2) is 0 Å². The van der Waals surface area contributed by atoms with Crippen LogP contribution in [0.1, 0.15) is 11.4 Å².